The molecule has 0 amide bonds. The molecule has 0 atom stereocenters. The summed E-state index contributed by atoms with van der Waals surface area (Å²) in [7, 11) is -4.03. The molecule has 1 aliphatic carbocycles. The quantitative estimate of drug-likeness (QED) is 0.141. The van der Waals surface area contributed by atoms with Gasteiger partial charge >= 0.3 is 0 Å². The summed E-state index contributed by atoms with van der Waals surface area (Å²) in [4.78, 5) is 4.87. The summed E-state index contributed by atoms with van der Waals surface area (Å²) in [6, 6.07) is 59.6. The van der Waals surface area contributed by atoms with E-state index in [0.717, 1.165) is 0 Å². The summed E-state index contributed by atoms with van der Waals surface area (Å²) in [6.07, 6.45) is 0. The molecule has 8 aromatic rings. The maximum atomic E-state index is 2.64. The third-order valence-corrected chi connectivity index (χ3v) is 23.0. The Kier molecular flexibility index (Phi) is 9.37. The Labute approximate surface area is 353 Å². The van der Waals surface area contributed by atoms with Gasteiger partial charge in [-0.15, -0.1) is 0 Å². The van der Waals surface area contributed by atoms with E-state index in [1.165, 1.54) is 89.0 Å². The minimum absolute atomic E-state index is 0.0357. The highest BCUT2D eigenvalue weighted by Gasteiger charge is 2.60. The van der Waals surface area contributed by atoms with Crippen molar-refractivity contribution < 1.29 is 0 Å². The van der Waals surface area contributed by atoms with Gasteiger partial charge in [-0.25, -0.2) is 0 Å². The SMILES string of the molecule is Cc1ccc(N(c2ccccc2)c2ccc3c4c(ccc3c2)-c2ccc3cc(N(c5ccccc5)c5ccc(C)cc5C)ccc3c2C4([Si](C)(C)C)[Si](C)(C)C)c(C)c1. The molecule has 0 radical (unpaired) electrons. The van der Waals surface area contributed by atoms with Crippen LogP contribution in [0.2, 0.25) is 39.3 Å². The van der Waals surface area contributed by atoms with Crippen molar-refractivity contribution in [2.45, 2.75) is 71.6 Å². The molecular formula is C55H56N2Si2. The van der Waals surface area contributed by atoms with Crippen molar-refractivity contribution in [2.24, 2.45) is 0 Å². The zero-order valence-corrected chi connectivity index (χ0v) is 38.4. The second-order valence-electron chi connectivity index (χ2n) is 19.0. The fraction of sp³-hybridized carbons (Fsp3) is 0.200. The van der Waals surface area contributed by atoms with Gasteiger partial charge in [-0.1, -0.05) is 147 Å². The van der Waals surface area contributed by atoms with Crippen LogP contribution in [0, 0.1) is 27.7 Å². The summed E-state index contributed by atoms with van der Waals surface area (Å²) >= 11 is 0. The predicted molar refractivity (Wildman–Crippen MR) is 263 cm³/mol. The molecule has 0 N–H and O–H groups in total. The zero-order valence-electron chi connectivity index (χ0n) is 36.4. The van der Waals surface area contributed by atoms with Crippen molar-refractivity contribution in [2.75, 3.05) is 9.80 Å². The lowest BCUT2D eigenvalue weighted by atomic mass is 9.97. The zero-order chi connectivity index (χ0) is 41.4. The minimum atomic E-state index is -2.01. The molecule has 0 bridgehead atoms. The lowest BCUT2D eigenvalue weighted by molar-refractivity contribution is 0.972. The third kappa shape index (κ3) is 6.19. The second-order valence-corrected chi connectivity index (χ2v) is 30.0. The van der Waals surface area contributed by atoms with Crippen molar-refractivity contribution in [1.82, 2.24) is 0 Å². The lowest BCUT2D eigenvalue weighted by Gasteiger charge is -2.52. The van der Waals surface area contributed by atoms with E-state index >= 15 is 0 Å². The number of anilines is 6. The van der Waals surface area contributed by atoms with Gasteiger partial charge in [-0.05, 0) is 143 Å². The number of hydrogen-bond donors (Lipinski definition) is 0. The summed E-state index contributed by atoms with van der Waals surface area (Å²) < 4.78 is -0.0357. The first-order chi connectivity index (χ1) is 28.2. The Morgan fingerprint density at radius 3 is 1.12 bits per heavy atom. The molecule has 0 aromatic heterocycles. The van der Waals surface area contributed by atoms with Crippen molar-refractivity contribution in [3.05, 3.63) is 191 Å². The van der Waals surface area contributed by atoms with E-state index in [4.69, 9.17) is 0 Å². The van der Waals surface area contributed by atoms with Crippen molar-refractivity contribution in [1.29, 1.82) is 0 Å². The smallest absolute Gasteiger partial charge is 0.0579 e. The lowest BCUT2D eigenvalue weighted by Crippen LogP contribution is -2.63. The van der Waals surface area contributed by atoms with Crippen LogP contribution in [0.4, 0.5) is 34.1 Å². The third-order valence-electron chi connectivity index (χ3n) is 13.0. The number of nitrogens with zero attached hydrogens (tertiary/aromatic N) is 2. The standard InChI is InChI=1S/C55H56N2Si2/c1-37-21-31-51(39(3)33-37)56(43-17-13-11-14-18-43)45-25-29-47-41(35-45)23-27-49-50-28-24-42-36-46(57(44-19-15-12-16-20-44)52-32-22-38(2)34-40(52)4)26-30-48(42)54(50)55(53(47)49,58(5,6)7)59(8,9)10/h11-36H,1-10H3. The van der Waals surface area contributed by atoms with Gasteiger partial charge in [0.1, 0.15) is 0 Å². The fourth-order valence-corrected chi connectivity index (χ4v) is 24.1. The Bertz CT molecular complexity index is 2700. The highest BCUT2D eigenvalue weighted by molar-refractivity contribution is 7.00. The van der Waals surface area contributed by atoms with Crippen molar-refractivity contribution in [3.63, 3.8) is 0 Å². The van der Waals surface area contributed by atoms with Crippen LogP contribution in [0.25, 0.3) is 32.7 Å². The molecule has 0 fully saturated rings. The van der Waals surface area contributed by atoms with Crippen LogP contribution in [-0.4, -0.2) is 16.1 Å². The maximum Gasteiger partial charge on any atom is 0.0579 e. The molecule has 59 heavy (non-hydrogen) atoms. The fourth-order valence-electron chi connectivity index (χ4n) is 11.0. The first-order valence-electron chi connectivity index (χ1n) is 21.2. The number of fused-ring (bicyclic) bond motifs is 7. The van der Waals surface area contributed by atoms with Gasteiger partial charge in [0, 0.05) is 38.8 Å². The normalized spacial score (nSPS) is 13.4. The van der Waals surface area contributed by atoms with E-state index < -0.39 is 16.1 Å². The summed E-state index contributed by atoms with van der Waals surface area (Å²) in [5.41, 5.74) is 18.2. The van der Waals surface area contributed by atoms with E-state index in [1.54, 1.807) is 11.1 Å². The largest absolute Gasteiger partial charge is 0.310 e. The summed E-state index contributed by atoms with van der Waals surface area (Å²) in [6.45, 7) is 24.6. The van der Waals surface area contributed by atoms with Gasteiger partial charge in [0.25, 0.3) is 0 Å². The van der Waals surface area contributed by atoms with Crippen LogP contribution in [0.15, 0.2) is 158 Å². The van der Waals surface area contributed by atoms with Crippen LogP contribution >= 0.6 is 0 Å². The molecule has 0 aliphatic heterocycles. The first kappa shape index (κ1) is 38.8. The van der Waals surface area contributed by atoms with Crippen LogP contribution in [-0.2, 0) is 4.66 Å². The molecule has 0 saturated heterocycles. The Hall–Kier alpha value is -5.69. The molecule has 0 heterocycles. The summed E-state index contributed by atoms with van der Waals surface area (Å²) in [5, 5.41) is 5.41. The molecule has 4 heteroatoms. The Morgan fingerprint density at radius 2 is 0.763 bits per heavy atom. The molecule has 0 saturated carbocycles. The first-order valence-corrected chi connectivity index (χ1v) is 28.2. The Balaban J connectivity index is 1.27. The molecule has 0 unspecified atom stereocenters. The van der Waals surface area contributed by atoms with E-state index in [2.05, 4.69) is 235 Å². The van der Waals surface area contributed by atoms with Crippen molar-refractivity contribution in [3.8, 4) is 11.1 Å². The topological polar surface area (TPSA) is 6.48 Å². The number of rotatable bonds is 8. The minimum Gasteiger partial charge on any atom is -0.310 e. The molecule has 2 nitrogen and oxygen atoms in total. The summed E-state index contributed by atoms with van der Waals surface area (Å²) in [5.74, 6) is 0. The van der Waals surface area contributed by atoms with E-state index in [1.807, 2.05) is 0 Å². The van der Waals surface area contributed by atoms with Gasteiger partial charge in [0.15, 0.2) is 0 Å². The van der Waals surface area contributed by atoms with Gasteiger partial charge in [0.05, 0.1) is 16.1 Å². The Morgan fingerprint density at radius 1 is 0.373 bits per heavy atom. The number of hydrogen-bond acceptors (Lipinski definition) is 2. The molecule has 0 spiro atoms. The van der Waals surface area contributed by atoms with Crippen LogP contribution in [0.3, 0.4) is 0 Å². The van der Waals surface area contributed by atoms with Crippen molar-refractivity contribution >= 4 is 71.8 Å². The van der Waals surface area contributed by atoms with Gasteiger partial charge in [-0.2, -0.15) is 0 Å². The molecule has 1 aliphatic rings. The molecule has 8 aromatic carbocycles. The van der Waals surface area contributed by atoms with Crippen LogP contribution in [0.5, 0.6) is 0 Å². The van der Waals surface area contributed by atoms with E-state index in [0.29, 0.717) is 0 Å². The van der Waals surface area contributed by atoms with Gasteiger partial charge in [0.2, 0.25) is 0 Å². The van der Waals surface area contributed by atoms with E-state index in [9.17, 15) is 0 Å². The average molecular weight is 801 g/mol. The van der Waals surface area contributed by atoms with Gasteiger partial charge in [-0.3, -0.25) is 0 Å². The number of benzene rings is 8. The van der Waals surface area contributed by atoms with Crippen LogP contribution < -0.4 is 9.80 Å². The average Bonchev–Trinajstić information content (AvgIpc) is 3.54. The van der Waals surface area contributed by atoms with E-state index in [-0.39, 0.29) is 4.66 Å². The number of aryl methyl sites for hydroxylation is 4. The van der Waals surface area contributed by atoms with Crippen LogP contribution in [0.1, 0.15) is 33.4 Å². The number of para-hydroxylation sites is 2. The molecule has 9 rings (SSSR count). The highest BCUT2D eigenvalue weighted by Crippen LogP contribution is 2.61. The molecule has 294 valence electrons. The predicted octanol–water partition coefficient (Wildman–Crippen LogP) is 16.2. The maximum absolute atomic E-state index is 2.64. The highest BCUT2D eigenvalue weighted by atomic mass is 28.4. The molecular weight excluding hydrogens is 745 g/mol. The van der Waals surface area contributed by atoms with Gasteiger partial charge < -0.3 is 9.80 Å². The monoisotopic (exact) mass is 800 g/mol. The second kappa shape index (κ2) is 14.3.